The Kier molecular flexibility index (Phi) is 5.28. The molecule has 1 aliphatic rings. The van der Waals surface area contributed by atoms with Crippen LogP contribution < -0.4 is 5.32 Å². The van der Waals surface area contributed by atoms with E-state index in [0.29, 0.717) is 6.04 Å². The van der Waals surface area contributed by atoms with Crippen molar-refractivity contribution in [3.63, 3.8) is 0 Å². The molecule has 1 aromatic rings. The van der Waals surface area contributed by atoms with E-state index in [9.17, 15) is 0 Å². The molecule has 1 nitrogen and oxygen atoms in total. The zero-order chi connectivity index (χ0) is 13.1. The van der Waals surface area contributed by atoms with Crippen LogP contribution in [0.5, 0.6) is 0 Å². The van der Waals surface area contributed by atoms with Crippen LogP contribution in [0.2, 0.25) is 0 Å². The van der Waals surface area contributed by atoms with Crippen molar-refractivity contribution in [2.75, 3.05) is 6.54 Å². The van der Waals surface area contributed by atoms with Gasteiger partial charge in [0, 0.05) is 20.3 Å². The third kappa shape index (κ3) is 3.37. The number of nitrogens with one attached hydrogen (secondary N) is 1. The first-order chi connectivity index (χ1) is 8.61. The Hall–Kier alpha value is 0.140. The van der Waals surface area contributed by atoms with E-state index in [-0.39, 0.29) is 0 Å². The van der Waals surface area contributed by atoms with Gasteiger partial charge in [-0.05, 0) is 60.1 Å². The Morgan fingerprint density at radius 3 is 2.56 bits per heavy atom. The third-order valence-electron chi connectivity index (χ3n) is 4.07. The summed E-state index contributed by atoms with van der Waals surface area (Å²) in [5, 5.41) is 3.72. The van der Waals surface area contributed by atoms with Crippen LogP contribution in [0.15, 0.2) is 10.5 Å². The lowest BCUT2D eigenvalue weighted by Gasteiger charge is -2.33. The van der Waals surface area contributed by atoms with Gasteiger partial charge in [0.2, 0.25) is 0 Å². The van der Waals surface area contributed by atoms with Crippen LogP contribution >= 0.6 is 27.3 Å². The lowest BCUT2D eigenvalue weighted by atomic mass is 9.79. The molecular weight excluding hydrogens is 306 g/mol. The average Bonchev–Trinajstić information content (AvgIpc) is 2.67. The summed E-state index contributed by atoms with van der Waals surface area (Å²) < 4.78 is 1.30. The van der Waals surface area contributed by atoms with E-state index in [1.54, 1.807) is 0 Å². The Bertz CT molecular complexity index is 380. The smallest absolute Gasteiger partial charge is 0.0454 e. The number of rotatable bonds is 4. The molecule has 0 amide bonds. The fraction of sp³-hybridized carbons (Fsp3) is 0.733. The van der Waals surface area contributed by atoms with Gasteiger partial charge < -0.3 is 5.32 Å². The van der Waals surface area contributed by atoms with Crippen LogP contribution in [0.4, 0.5) is 0 Å². The van der Waals surface area contributed by atoms with E-state index < -0.39 is 0 Å². The van der Waals surface area contributed by atoms with Crippen LogP contribution in [0.1, 0.15) is 55.3 Å². The van der Waals surface area contributed by atoms with Crippen molar-refractivity contribution in [1.82, 2.24) is 5.32 Å². The molecule has 0 spiro atoms. The van der Waals surface area contributed by atoms with Crippen LogP contribution in [0.3, 0.4) is 0 Å². The molecule has 0 saturated heterocycles. The Morgan fingerprint density at radius 1 is 1.39 bits per heavy atom. The molecule has 18 heavy (non-hydrogen) atoms. The van der Waals surface area contributed by atoms with Crippen molar-refractivity contribution < 1.29 is 0 Å². The molecule has 102 valence electrons. The second kappa shape index (κ2) is 6.53. The molecule has 1 fully saturated rings. The molecule has 0 bridgehead atoms. The molecule has 0 aromatic carbocycles. The maximum absolute atomic E-state index is 3.74. The summed E-state index contributed by atoms with van der Waals surface area (Å²) in [4.78, 5) is 2.91. The van der Waals surface area contributed by atoms with E-state index in [0.717, 1.165) is 18.4 Å². The molecule has 1 aliphatic carbocycles. The molecular formula is C15H24BrNS. The van der Waals surface area contributed by atoms with Crippen molar-refractivity contribution in [2.24, 2.45) is 11.8 Å². The van der Waals surface area contributed by atoms with Crippen molar-refractivity contribution in [2.45, 2.75) is 52.5 Å². The maximum Gasteiger partial charge on any atom is 0.0454 e. The number of hydrogen-bond donors (Lipinski definition) is 1. The number of hydrogen-bond acceptors (Lipinski definition) is 2. The lowest BCUT2D eigenvalue weighted by molar-refractivity contribution is 0.235. The van der Waals surface area contributed by atoms with Gasteiger partial charge in [0.15, 0.2) is 0 Å². The summed E-state index contributed by atoms with van der Waals surface area (Å²) in [6.07, 6.45) is 5.55. The predicted octanol–water partition coefficient (Wildman–Crippen LogP) is 5.30. The van der Waals surface area contributed by atoms with Gasteiger partial charge in [-0.15, -0.1) is 11.3 Å². The van der Waals surface area contributed by atoms with Crippen molar-refractivity contribution in [3.8, 4) is 0 Å². The minimum atomic E-state index is 0.551. The molecule has 1 atom stereocenters. The number of aryl methyl sites for hydroxylation is 1. The van der Waals surface area contributed by atoms with Gasteiger partial charge in [-0.3, -0.25) is 0 Å². The highest BCUT2D eigenvalue weighted by atomic mass is 79.9. The Labute approximate surface area is 123 Å². The quantitative estimate of drug-likeness (QED) is 0.790. The topological polar surface area (TPSA) is 12.0 Å². The fourth-order valence-corrected chi connectivity index (χ4v) is 5.09. The van der Waals surface area contributed by atoms with Crippen LogP contribution in [-0.2, 0) is 0 Å². The molecule has 1 saturated carbocycles. The monoisotopic (exact) mass is 329 g/mol. The van der Waals surface area contributed by atoms with E-state index >= 15 is 0 Å². The van der Waals surface area contributed by atoms with Gasteiger partial charge in [0.05, 0.1) is 0 Å². The van der Waals surface area contributed by atoms with E-state index in [1.165, 1.54) is 39.9 Å². The van der Waals surface area contributed by atoms with Crippen molar-refractivity contribution in [3.05, 3.63) is 20.3 Å². The molecule has 0 aliphatic heterocycles. The highest BCUT2D eigenvalue weighted by molar-refractivity contribution is 9.10. The minimum absolute atomic E-state index is 0.551. The molecule has 1 aromatic heterocycles. The van der Waals surface area contributed by atoms with Gasteiger partial charge in [-0.25, -0.2) is 0 Å². The van der Waals surface area contributed by atoms with Crippen LogP contribution in [0.25, 0.3) is 0 Å². The first-order valence-electron chi connectivity index (χ1n) is 7.11. The Morgan fingerprint density at radius 2 is 2.06 bits per heavy atom. The summed E-state index contributed by atoms with van der Waals surface area (Å²) in [5.41, 5.74) is 0. The summed E-state index contributed by atoms with van der Waals surface area (Å²) in [5.74, 6) is 1.74. The molecule has 2 rings (SSSR count). The summed E-state index contributed by atoms with van der Waals surface area (Å²) in [6.45, 7) is 7.86. The lowest BCUT2D eigenvalue weighted by Crippen LogP contribution is -2.30. The van der Waals surface area contributed by atoms with Gasteiger partial charge in [-0.1, -0.05) is 26.7 Å². The summed E-state index contributed by atoms with van der Waals surface area (Å²) in [7, 11) is 0. The van der Waals surface area contributed by atoms with Crippen LogP contribution in [-0.4, -0.2) is 6.54 Å². The molecule has 1 unspecified atom stereocenters. The highest BCUT2D eigenvalue weighted by Crippen LogP contribution is 2.41. The molecule has 1 N–H and O–H groups in total. The van der Waals surface area contributed by atoms with Gasteiger partial charge in [-0.2, -0.15) is 0 Å². The zero-order valence-electron chi connectivity index (χ0n) is 11.6. The molecule has 3 heteroatoms. The highest BCUT2D eigenvalue weighted by Gasteiger charge is 2.28. The second-order valence-electron chi connectivity index (χ2n) is 5.62. The standard InChI is InChI=1S/C15H24BrNS/c1-4-17-14(12-7-5-10(2)6-8-12)15-13(16)9-11(3)18-15/h9-10,12,14,17H,4-8H2,1-3H3. The molecule has 0 radical (unpaired) electrons. The van der Waals surface area contributed by atoms with Crippen LogP contribution in [0, 0.1) is 18.8 Å². The third-order valence-corrected chi connectivity index (χ3v) is 6.13. The average molecular weight is 330 g/mol. The van der Waals surface area contributed by atoms with E-state index in [1.807, 2.05) is 11.3 Å². The normalized spacial score (nSPS) is 26.2. The first-order valence-corrected chi connectivity index (χ1v) is 8.72. The van der Waals surface area contributed by atoms with Gasteiger partial charge >= 0.3 is 0 Å². The largest absolute Gasteiger partial charge is 0.309 e. The van der Waals surface area contributed by atoms with Crippen molar-refractivity contribution in [1.29, 1.82) is 0 Å². The minimum Gasteiger partial charge on any atom is -0.309 e. The van der Waals surface area contributed by atoms with Gasteiger partial charge in [0.25, 0.3) is 0 Å². The number of halogens is 1. The molecule has 1 heterocycles. The summed E-state index contributed by atoms with van der Waals surface area (Å²) in [6, 6.07) is 2.81. The fourth-order valence-electron chi connectivity index (χ4n) is 3.03. The predicted molar refractivity (Wildman–Crippen MR) is 84.3 cm³/mol. The summed E-state index contributed by atoms with van der Waals surface area (Å²) >= 11 is 5.68. The van der Waals surface area contributed by atoms with E-state index in [4.69, 9.17) is 0 Å². The number of thiophene rings is 1. The van der Waals surface area contributed by atoms with Gasteiger partial charge in [0.1, 0.15) is 0 Å². The SMILES string of the molecule is CCNC(c1sc(C)cc1Br)C1CCC(C)CC1. The van der Waals surface area contributed by atoms with Crippen molar-refractivity contribution >= 4 is 27.3 Å². The Balaban J connectivity index is 2.15. The zero-order valence-corrected chi connectivity index (χ0v) is 14.0. The van der Waals surface area contributed by atoms with E-state index in [2.05, 4.69) is 48.1 Å². The maximum atomic E-state index is 3.74. The second-order valence-corrected chi connectivity index (χ2v) is 7.77. The first kappa shape index (κ1) is 14.5.